The third-order valence-electron chi connectivity index (χ3n) is 2.74. The Kier molecular flexibility index (Phi) is 2.73. The van der Waals surface area contributed by atoms with Crippen molar-refractivity contribution in [3.63, 3.8) is 0 Å². The van der Waals surface area contributed by atoms with E-state index in [9.17, 15) is 5.11 Å². The van der Waals surface area contributed by atoms with Crippen LogP contribution < -0.4 is 4.74 Å². The molecule has 1 aromatic carbocycles. The zero-order chi connectivity index (χ0) is 9.97. The summed E-state index contributed by atoms with van der Waals surface area (Å²) in [5, 5.41) is 9.88. The van der Waals surface area contributed by atoms with E-state index in [1.807, 2.05) is 12.1 Å². The van der Waals surface area contributed by atoms with E-state index in [1.54, 1.807) is 0 Å². The van der Waals surface area contributed by atoms with Gasteiger partial charge in [-0.3, -0.25) is 0 Å². The van der Waals surface area contributed by atoms with Crippen molar-refractivity contribution in [1.29, 1.82) is 0 Å². The van der Waals surface area contributed by atoms with Gasteiger partial charge in [-0.15, -0.1) is 0 Å². The van der Waals surface area contributed by atoms with Gasteiger partial charge >= 0.3 is 0 Å². The first-order valence-corrected chi connectivity index (χ1v) is 5.25. The van der Waals surface area contributed by atoms with Gasteiger partial charge in [0.15, 0.2) is 0 Å². The van der Waals surface area contributed by atoms with Crippen molar-refractivity contribution in [2.75, 3.05) is 6.61 Å². The molecule has 1 heterocycles. The Morgan fingerprint density at radius 1 is 1.50 bits per heavy atom. The molecule has 0 fully saturated rings. The van der Waals surface area contributed by atoms with E-state index in [2.05, 4.69) is 13.0 Å². The summed E-state index contributed by atoms with van der Waals surface area (Å²) in [6, 6.07) is 6.02. The number of para-hydroxylation sites is 1. The molecule has 0 amide bonds. The molecule has 1 atom stereocenters. The molecule has 1 aliphatic heterocycles. The number of aryl methyl sites for hydroxylation is 1. The predicted octanol–water partition coefficient (Wildman–Crippen LogP) is 2.46. The number of benzene rings is 1. The zero-order valence-corrected chi connectivity index (χ0v) is 8.49. The van der Waals surface area contributed by atoms with Crippen LogP contribution in [0.15, 0.2) is 18.2 Å². The van der Waals surface area contributed by atoms with E-state index in [4.69, 9.17) is 4.74 Å². The van der Waals surface area contributed by atoms with Crippen LogP contribution in [0.2, 0.25) is 0 Å². The van der Waals surface area contributed by atoms with E-state index in [-0.39, 0.29) is 6.10 Å². The van der Waals surface area contributed by atoms with Gasteiger partial charge in [0.2, 0.25) is 0 Å². The lowest BCUT2D eigenvalue weighted by Gasteiger charge is -2.13. The van der Waals surface area contributed by atoms with Crippen molar-refractivity contribution in [3.8, 4) is 5.75 Å². The Labute approximate surface area is 84.5 Å². The minimum Gasteiger partial charge on any atom is -0.493 e. The number of aliphatic hydroxyl groups excluding tert-OH is 1. The summed E-state index contributed by atoms with van der Waals surface area (Å²) in [7, 11) is 0. The Hall–Kier alpha value is -1.02. The minimum absolute atomic E-state index is 0.348. The molecule has 1 aliphatic rings. The van der Waals surface area contributed by atoms with E-state index >= 15 is 0 Å². The molecule has 0 saturated carbocycles. The van der Waals surface area contributed by atoms with Crippen LogP contribution in [0, 0.1) is 0 Å². The van der Waals surface area contributed by atoms with Gasteiger partial charge in [-0.25, -0.2) is 0 Å². The van der Waals surface area contributed by atoms with Gasteiger partial charge in [0.25, 0.3) is 0 Å². The van der Waals surface area contributed by atoms with Crippen LogP contribution in [0.5, 0.6) is 5.75 Å². The number of aliphatic hydroxyl groups is 1. The fourth-order valence-corrected chi connectivity index (χ4v) is 1.93. The Balaban J connectivity index is 2.46. The standard InChI is InChI=1S/C12H16O2/c1-2-9-5-3-6-10-11(13)7-4-8-14-12(9)10/h3,5-6,11,13H,2,4,7-8H2,1H3/t11-/m0/s1. The van der Waals surface area contributed by atoms with Crippen LogP contribution in [0.4, 0.5) is 0 Å². The van der Waals surface area contributed by atoms with Crippen molar-refractivity contribution in [2.24, 2.45) is 0 Å². The second-order valence-electron chi connectivity index (χ2n) is 3.70. The second kappa shape index (κ2) is 4.01. The van der Waals surface area contributed by atoms with Gasteiger partial charge in [0.05, 0.1) is 12.7 Å². The highest BCUT2D eigenvalue weighted by Gasteiger charge is 2.18. The van der Waals surface area contributed by atoms with Gasteiger partial charge in [0.1, 0.15) is 5.75 Å². The molecular weight excluding hydrogens is 176 g/mol. The first kappa shape index (κ1) is 9.53. The average molecular weight is 192 g/mol. The zero-order valence-electron chi connectivity index (χ0n) is 8.49. The highest BCUT2D eigenvalue weighted by atomic mass is 16.5. The fourth-order valence-electron chi connectivity index (χ4n) is 1.93. The predicted molar refractivity (Wildman–Crippen MR) is 55.5 cm³/mol. The van der Waals surface area contributed by atoms with E-state index in [1.165, 1.54) is 5.56 Å². The molecule has 14 heavy (non-hydrogen) atoms. The van der Waals surface area contributed by atoms with E-state index < -0.39 is 0 Å². The monoisotopic (exact) mass is 192 g/mol. The van der Waals surface area contributed by atoms with Gasteiger partial charge in [-0.05, 0) is 24.8 Å². The first-order chi connectivity index (χ1) is 6.83. The van der Waals surface area contributed by atoms with Crippen molar-refractivity contribution in [2.45, 2.75) is 32.3 Å². The lowest BCUT2D eigenvalue weighted by Crippen LogP contribution is -1.99. The van der Waals surface area contributed by atoms with Crippen LogP contribution in [0.3, 0.4) is 0 Å². The minimum atomic E-state index is -0.348. The topological polar surface area (TPSA) is 29.5 Å². The number of hydrogen-bond donors (Lipinski definition) is 1. The summed E-state index contributed by atoms with van der Waals surface area (Å²) in [5.74, 6) is 0.917. The number of ether oxygens (including phenoxy) is 1. The highest BCUT2D eigenvalue weighted by molar-refractivity contribution is 5.43. The summed E-state index contributed by atoms with van der Waals surface area (Å²) < 4.78 is 5.68. The van der Waals surface area contributed by atoms with Crippen LogP contribution in [0.1, 0.15) is 37.0 Å². The third kappa shape index (κ3) is 1.62. The maximum Gasteiger partial charge on any atom is 0.128 e. The van der Waals surface area contributed by atoms with Gasteiger partial charge < -0.3 is 9.84 Å². The molecule has 2 heteroatoms. The largest absolute Gasteiger partial charge is 0.493 e. The first-order valence-electron chi connectivity index (χ1n) is 5.25. The van der Waals surface area contributed by atoms with Crippen molar-refractivity contribution in [3.05, 3.63) is 29.3 Å². The van der Waals surface area contributed by atoms with Crippen LogP contribution in [-0.2, 0) is 6.42 Å². The summed E-state index contributed by atoms with van der Waals surface area (Å²) in [6.45, 7) is 2.83. The molecule has 2 rings (SSSR count). The van der Waals surface area contributed by atoms with Gasteiger partial charge in [-0.2, -0.15) is 0 Å². The molecule has 0 radical (unpaired) electrons. The summed E-state index contributed by atoms with van der Waals surface area (Å²) in [6.07, 6.45) is 2.34. The lowest BCUT2D eigenvalue weighted by molar-refractivity contribution is 0.167. The van der Waals surface area contributed by atoms with Crippen molar-refractivity contribution in [1.82, 2.24) is 0 Å². The molecule has 0 spiro atoms. The maximum atomic E-state index is 9.88. The molecule has 76 valence electrons. The molecule has 0 saturated heterocycles. The van der Waals surface area contributed by atoms with E-state index in [0.29, 0.717) is 0 Å². The second-order valence-corrected chi connectivity index (χ2v) is 3.70. The summed E-state index contributed by atoms with van der Waals surface area (Å²) >= 11 is 0. The third-order valence-corrected chi connectivity index (χ3v) is 2.74. The number of rotatable bonds is 1. The Morgan fingerprint density at radius 2 is 2.36 bits per heavy atom. The SMILES string of the molecule is CCc1cccc2c1OCCC[C@@H]2O. The van der Waals surface area contributed by atoms with Crippen LogP contribution >= 0.6 is 0 Å². The maximum absolute atomic E-state index is 9.88. The molecule has 2 nitrogen and oxygen atoms in total. The summed E-state index contributed by atoms with van der Waals surface area (Å²) in [4.78, 5) is 0. The molecule has 0 unspecified atom stereocenters. The van der Waals surface area contributed by atoms with E-state index in [0.717, 1.165) is 37.2 Å². The lowest BCUT2D eigenvalue weighted by atomic mass is 10.0. The van der Waals surface area contributed by atoms with Crippen molar-refractivity contribution < 1.29 is 9.84 Å². The highest BCUT2D eigenvalue weighted by Crippen LogP contribution is 2.34. The molecule has 1 aromatic rings. The van der Waals surface area contributed by atoms with Gasteiger partial charge in [0, 0.05) is 5.56 Å². The quantitative estimate of drug-likeness (QED) is 0.740. The molecule has 0 bridgehead atoms. The molecular formula is C12H16O2. The fraction of sp³-hybridized carbons (Fsp3) is 0.500. The molecule has 0 aliphatic carbocycles. The number of hydrogen-bond acceptors (Lipinski definition) is 2. The molecule has 0 aromatic heterocycles. The molecule has 1 N–H and O–H groups in total. The normalized spacial score (nSPS) is 20.9. The van der Waals surface area contributed by atoms with Crippen LogP contribution in [0.25, 0.3) is 0 Å². The average Bonchev–Trinajstić information content (AvgIpc) is 2.41. The Morgan fingerprint density at radius 3 is 3.14 bits per heavy atom. The van der Waals surface area contributed by atoms with Gasteiger partial charge in [-0.1, -0.05) is 25.1 Å². The van der Waals surface area contributed by atoms with Crippen LogP contribution in [-0.4, -0.2) is 11.7 Å². The van der Waals surface area contributed by atoms with Crippen molar-refractivity contribution >= 4 is 0 Å². The number of fused-ring (bicyclic) bond motifs is 1. The summed E-state index contributed by atoms with van der Waals surface area (Å²) in [5.41, 5.74) is 2.16. The smallest absolute Gasteiger partial charge is 0.128 e. The Bertz CT molecular complexity index is 320.